The van der Waals surface area contributed by atoms with E-state index < -0.39 is 5.97 Å². The van der Waals surface area contributed by atoms with Crippen LogP contribution in [0.2, 0.25) is 0 Å². The number of unbranched alkanes of at least 4 members (excludes halogenated alkanes) is 2. The van der Waals surface area contributed by atoms with E-state index in [9.17, 15) is 4.79 Å². The largest absolute Gasteiger partial charge is 0.494 e. The monoisotopic (exact) mass is 429 g/mol. The summed E-state index contributed by atoms with van der Waals surface area (Å²) in [6, 6.07) is 16.8. The summed E-state index contributed by atoms with van der Waals surface area (Å²) in [6.45, 7) is 2.83. The zero-order chi connectivity index (χ0) is 22.3. The van der Waals surface area contributed by atoms with Crippen LogP contribution in [0.25, 0.3) is 28.1 Å². The second-order valence-corrected chi connectivity index (χ2v) is 8.49. The molecule has 3 aromatic rings. The molecule has 0 saturated heterocycles. The fourth-order valence-electron chi connectivity index (χ4n) is 4.07. The summed E-state index contributed by atoms with van der Waals surface area (Å²) in [6.07, 6.45) is 10.4. The van der Waals surface area contributed by atoms with E-state index in [1.807, 2.05) is 0 Å². The summed E-state index contributed by atoms with van der Waals surface area (Å²) in [5.74, 6) is 0.696. The first-order valence-corrected chi connectivity index (χ1v) is 11.7. The van der Waals surface area contributed by atoms with Gasteiger partial charge in [0.25, 0.3) is 0 Å². The lowest BCUT2D eigenvalue weighted by atomic mass is 9.92. The van der Waals surface area contributed by atoms with Crippen LogP contribution in [0.3, 0.4) is 0 Å². The number of pyridine rings is 1. The van der Waals surface area contributed by atoms with Crippen LogP contribution in [-0.4, -0.2) is 22.7 Å². The first kappa shape index (κ1) is 22.1. The van der Waals surface area contributed by atoms with Crippen molar-refractivity contribution in [3.63, 3.8) is 0 Å². The Kier molecular flexibility index (Phi) is 7.21. The van der Waals surface area contributed by atoms with Crippen molar-refractivity contribution in [1.82, 2.24) is 4.98 Å². The average Bonchev–Trinajstić information content (AvgIpc) is 3.65. The van der Waals surface area contributed by atoms with Gasteiger partial charge in [0.2, 0.25) is 0 Å². The number of fused-ring (bicyclic) bond motifs is 1. The fourth-order valence-corrected chi connectivity index (χ4v) is 4.07. The molecule has 1 aliphatic carbocycles. The fraction of sp³-hybridized carbons (Fsp3) is 0.357. The van der Waals surface area contributed by atoms with Gasteiger partial charge in [0.15, 0.2) is 0 Å². The van der Waals surface area contributed by atoms with Crippen molar-refractivity contribution in [3.05, 3.63) is 65.9 Å². The number of rotatable bonds is 11. The highest BCUT2D eigenvalue weighted by Crippen LogP contribution is 2.45. The summed E-state index contributed by atoms with van der Waals surface area (Å²) in [5.41, 5.74) is 5.81. The number of benzene rings is 2. The molecule has 4 rings (SSSR count). The van der Waals surface area contributed by atoms with Crippen LogP contribution >= 0.6 is 0 Å². The molecule has 0 unspecified atom stereocenters. The van der Waals surface area contributed by atoms with Crippen molar-refractivity contribution in [1.29, 1.82) is 0 Å². The highest BCUT2D eigenvalue weighted by molar-refractivity contribution is 5.99. The number of hydrogen-bond donors (Lipinski definition) is 1. The Bertz CT molecular complexity index is 1100. The molecule has 2 aromatic carbocycles. The first-order valence-electron chi connectivity index (χ1n) is 11.7. The molecule has 0 amide bonds. The third kappa shape index (κ3) is 5.37. The smallest absolute Gasteiger partial charge is 0.303 e. The minimum absolute atomic E-state index is 0.233. The Hall–Kier alpha value is -3.14. The van der Waals surface area contributed by atoms with Crippen LogP contribution in [0.1, 0.15) is 69.0 Å². The van der Waals surface area contributed by atoms with E-state index in [2.05, 4.69) is 67.6 Å². The molecule has 1 aromatic heterocycles. The summed E-state index contributed by atoms with van der Waals surface area (Å²) >= 11 is 0. The molecule has 1 aliphatic rings. The quantitative estimate of drug-likeness (QED) is 0.327. The maximum Gasteiger partial charge on any atom is 0.303 e. The summed E-state index contributed by atoms with van der Waals surface area (Å²) in [5, 5.41) is 10.0. The highest BCUT2D eigenvalue weighted by Gasteiger charge is 2.29. The molecule has 1 fully saturated rings. The lowest BCUT2D eigenvalue weighted by Crippen LogP contribution is -1.98. The van der Waals surface area contributed by atoms with Crippen molar-refractivity contribution in [2.24, 2.45) is 0 Å². The maximum atomic E-state index is 10.8. The third-order valence-corrected chi connectivity index (χ3v) is 5.84. The van der Waals surface area contributed by atoms with Gasteiger partial charge < -0.3 is 9.84 Å². The van der Waals surface area contributed by atoms with Crippen LogP contribution in [0.15, 0.2) is 54.6 Å². The number of aliphatic carboxylic acids is 1. The lowest BCUT2D eigenvalue weighted by molar-refractivity contribution is -0.137. The van der Waals surface area contributed by atoms with E-state index in [1.54, 1.807) is 0 Å². The number of nitrogens with zero attached hydrogens (tertiary/aromatic N) is 1. The van der Waals surface area contributed by atoms with E-state index >= 15 is 0 Å². The molecule has 0 spiro atoms. The van der Waals surface area contributed by atoms with Gasteiger partial charge in [-0.2, -0.15) is 0 Å². The zero-order valence-corrected chi connectivity index (χ0v) is 18.7. The lowest BCUT2D eigenvalue weighted by Gasteiger charge is -2.16. The van der Waals surface area contributed by atoms with Gasteiger partial charge in [-0.1, -0.05) is 49.4 Å². The predicted molar refractivity (Wildman–Crippen MR) is 130 cm³/mol. The van der Waals surface area contributed by atoms with Gasteiger partial charge in [-0.25, -0.2) is 0 Å². The van der Waals surface area contributed by atoms with Crippen molar-refractivity contribution in [2.45, 2.75) is 57.8 Å². The number of para-hydroxylation sites is 1. The van der Waals surface area contributed by atoms with Crippen LogP contribution < -0.4 is 4.74 Å². The standard InChI is InChI=1S/C28H31NO3/c1-2-19-32-22-17-15-20(16-18-22)27-23-9-7-8-11-25(23)29-28(21-13-14-21)24(27)10-5-3-4-6-12-26(30)31/h5,7-11,15-18,21H,2-4,6,12-14,19H2,1H3,(H,30,31)/b10-5+. The van der Waals surface area contributed by atoms with Gasteiger partial charge in [0.1, 0.15) is 5.75 Å². The Morgan fingerprint density at radius 3 is 2.62 bits per heavy atom. The van der Waals surface area contributed by atoms with E-state index in [-0.39, 0.29) is 6.42 Å². The second kappa shape index (κ2) is 10.4. The van der Waals surface area contributed by atoms with Gasteiger partial charge in [-0.15, -0.1) is 0 Å². The summed E-state index contributed by atoms with van der Waals surface area (Å²) in [4.78, 5) is 15.8. The van der Waals surface area contributed by atoms with Gasteiger partial charge in [0, 0.05) is 28.9 Å². The first-order chi connectivity index (χ1) is 15.7. The maximum absolute atomic E-state index is 10.8. The number of allylic oxidation sites excluding steroid dienone is 1. The SMILES string of the molecule is CCCOc1ccc(-c2c(/C=C/CCCCC(=O)O)c(C3CC3)nc3ccccc23)cc1. The molecule has 32 heavy (non-hydrogen) atoms. The minimum atomic E-state index is -0.725. The predicted octanol–water partition coefficient (Wildman–Crippen LogP) is 7.23. The molecular formula is C28H31NO3. The molecule has 1 N–H and O–H groups in total. The molecule has 0 radical (unpaired) electrons. The molecule has 0 bridgehead atoms. The summed E-state index contributed by atoms with van der Waals surface area (Å²) in [7, 11) is 0. The Balaban J connectivity index is 1.72. The average molecular weight is 430 g/mol. The van der Waals surface area contributed by atoms with Crippen molar-refractivity contribution >= 4 is 22.9 Å². The highest BCUT2D eigenvalue weighted by atomic mass is 16.5. The molecule has 1 saturated carbocycles. The minimum Gasteiger partial charge on any atom is -0.494 e. The Labute approximate surface area is 190 Å². The van der Waals surface area contributed by atoms with Gasteiger partial charge in [-0.3, -0.25) is 9.78 Å². The van der Waals surface area contributed by atoms with Crippen LogP contribution in [0.5, 0.6) is 5.75 Å². The normalized spacial score (nSPS) is 13.7. The van der Waals surface area contributed by atoms with Crippen molar-refractivity contribution in [2.75, 3.05) is 6.61 Å². The Morgan fingerprint density at radius 1 is 1.12 bits per heavy atom. The molecule has 4 nitrogen and oxygen atoms in total. The van der Waals surface area contributed by atoms with E-state index in [4.69, 9.17) is 14.8 Å². The summed E-state index contributed by atoms with van der Waals surface area (Å²) < 4.78 is 5.79. The van der Waals surface area contributed by atoms with Crippen LogP contribution in [0, 0.1) is 0 Å². The Morgan fingerprint density at radius 2 is 1.91 bits per heavy atom. The molecule has 166 valence electrons. The number of hydrogen-bond acceptors (Lipinski definition) is 3. The zero-order valence-electron chi connectivity index (χ0n) is 18.7. The van der Waals surface area contributed by atoms with E-state index in [0.717, 1.165) is 42.5 Å². The van der Waals surface area contributed by atoms with E-state index in [0.29, 0.717) is 12.3 Å². The molecule has 0 aliphatic heterocycles. The van der Waals surface area contributed by atoms with Gasteiger partial charge >= 0.3 is 5.97 Å². The number of carboxylic acids is 1. The number of aromatic nitrogens is 1. The molecule has 0 atom stereocenters. The van der Waals surface area contributed by atoms with Crippen LogP contribution in [0.4, 0.5) is 0 Å². The third-order valence-electron chi connectivity index (χ3n) is 5.84. The van der Waals surface area contributed by atoms with Gasteiger partial charge in [-0.05, 0) is 62.3 Å². The molecule has 1 heterocycles. The molecule has 4 heteroatoms. The number of carbonyl (C=O) groups is 1. The van der Waals surface area contributed by atoms with Gasteiger partial charge in [0.05, 0.1) is 17.8 Å². The number of carboxylic acid groups (broad SMARTS) is 1. The molecular weight excluding hydrogens is 398 g/mol. The van der Waals surface area contributed by atoms with Crippen LogP contribution in [-0.2, 0) is 4.79 Å². The topological polar surface area (TPSA) is 59.4 Å². The van der Waals surface area contributed by atoms with Crippen molar-refractivity contribution < 1.29 is 14.6 Å². The number of ether oxygens (including phenoxy) is 1. The second-order valence-electron chi connectivity index (χ2n) is 8.49. The van der Waals surface area contributed by atoms with E-state index in [1.165, 1.54) is 35.2 Å². The van der Waals surface area contributed by atoms with Crippen molar-refractivity contribution in [3.8, 4) is 16.9 Å².